The molecule has 5 nitrogen and oxygen atoms in total. The summed E-state index contributed by atoms with van der Waals surface area (Å²) < 4.78 is 13.5. The molecule has 21 heavy (non-hydrogen) atoms. The molecule has 0 spiro atoms. The maximum Gasteiger partial charge on any atom is 0.287 e. The number of nitrogens with one attached hydrogen (secondary N) is 1. The highest BCUT2D eigenvalue weighted by atomic mass is 35.5. The molecule has 0 heterocycles. The van der Waals surface area contributed by atoms with E-state index in [1.807, 2.05) is 0 Å². The van der Waals surface area contributed by atoms with E-state index in [1.165, 1.54) is 18.2 Å². The number of carbonyl (C=O) groups excluding carboxylic acids is 1. The molecule has 0 atom stereocenters. The van der Waals surface area contributed by atoms with Crippen molar-refractivity contribution in [3.05, 3.63) is 67.9 Å². The van der Waals surface area contributed by atoms with Gasteiger partial charge in [-0.15, -0.1) is 0 Å². The number of hydrogen-bond acceptors (Lipinski definition) is 3. The number of halogens is 3. The van der Waals surface area contributed by atoms with E-state index < -0.39 is 16.6 Å². The van der Waals surface area contributed by atoms with Crippen LogP contribution in [0.15, 0.2) is 36.4 Å². The number of anilines is 1. The highest BCUT2D eigenvalue weighted by Crippen LogP contribution is 2.26. The van der Waals surface area contributed by atoms with Crippen LogP contribution in [-0.2, 0) is 0 Å². The third kappa shape index (κ3) is 3.48. The van der Waals surface area contributed by atoms with Crippen LogP contribution in [0.3, 0.4) is 0 Å². The summed E-state index contributed by atoms with van der Waals surface area (Å²) in [5.41, 5.74) is -0.353. The molecule has 0 aliphatic heterocycles. The molecule has 0 aliphatic rings. The average molecular weight is 329 g/mol. The van der Waals surface area contributed by atoms with Gasteiger partial charge in [-0.1, -0.05) is 23.2 Å². The molecule has 8 heteroatoms. The third-order valence-corrected chi connectivity index (χ3v) is 3.12. The van der Waals surface area contributed by atoms with E-state index >= 15 is 0 Å². The van der Waals surface area contributed by atoms with E-state index in [1.54, 1.807) is 0 Å². The van der Waals surface area contributed by atoms with Gasteiger partial charge in [0, 0.05) is 16.7 Å². The summed E-state index contributed by atoms with van der Waals surface area (Å²) in [5.74, 6) is -1.31. The molecular formula is C13H7Cl2FN2O3. The van der Waals surface area contributed by atoms with Crippen LogP contribution in [0.2, 0.25) is 10.0 Å². The van der Waals surface area contributed by atoms with Gasteiger partial charge in [0.25, 0.3) is 11.6 Å². The predicted octanol–water partition coefficient (Wildman–Crippen LogP) is 4.29. The highest BCUT2D eigenvalue weighted by molar-refractivity contribution is 6.33. The lowest BCUT2D eigenvalue weighted by molar-refractivity contribution is -0.384. The molecule has 2 aromatic rings. The fourth-order valence-corrected chi connectivity index (χ4v) is 2.01. The number of amides is 1. The number of nitro groups is 1. The van der Waals surface area contributed by atoms with Crippen molar-refractivity contribution in [2.45, 2.75) is 0 Å². The Morgan fingerprint density at radius 2 is 1.90 bits per heavy atom. The van der Waals surface area contributed by atoms with Gasteiger partial charge in [-0.2, -0.15) is 0 Å². The van der Waals surface area contributed by atoms with Crippen LogP contribution in [0, 0.1) is 15.9 Å². The summed E-state index contributed by atoms with van der Waals surface area (Å²) in [4.78, 5) is 21.9. The first-order valence-corrected chi connectivity index (χ1v) is 6.34. The lowest BCUT2D eigenvalue weighted by atomic mass is 10.2. The van der Waals surface area contributed by atoms with Gasteiger partial charge in [-0.25, -0.2) is 4.39 Å². The maximum absolute atomic E-state index is 13.5. The Bertz CT molecular complexity index is 737. The van der Waals surface area contributed by atoms with Gasteiger partial charge in [0.15, 0.2) is 0 Å². The van der Waals surface area contributed by atoms with Gasteiger partial charge in [0.1, 0.15) is 10.8 Å². The Balaban J connectivity index is 2.26. The molecule has 1 N–H and O–H groups in total. The topological polar surface area (TPSA) is 72.2 Å². The fraction of sp³-hybridized carbons (Fsp3) is 0. The van der Waals surface area contributed by atoms with Crippen LogP contribution in [0.4, 0.5) is 15.8 Å². The lowest BCUT2D eigenvalue weighted by Gasteiger charge is -2.07. The molecule has 2 rings (SSSR count). The molecule has 0 saturated carbocycles. The number of hydrogen-bond donors (Lipinski definition) is 1. The Morgan fingerprint density at radius 1 is 1.19 bits per heavy atom. The van der Waals surface area contributed by atoms with Crippen molar-refractivity contribution >= 4 is 40.5 Å². The zero-order valence-corrected chi connectivity index (χ0v) is 11.8. The normalized spacial score (nSPS) is 10.2. The summed E-state index contributed by atoms with van der Waals surface area (Å²) in [6.45, 7) is 0. The Labute approximate surface area is 128 Å². The number of nitrogens with zero attached hydrogens (tertiary/aromatic N) is 1. The number of benzene rings is 2. The van der Waals surface area contributed by atoms with E-state index in [9.17, 15) is 19.3 Å². The Hall–Kier alpha value is -2.18. The first-order chi connectivity index (χ1) is 9.88. The number of nitro benzene ring substituents is 1. The Kier molecular flexibility index (Phi) is 4.40. The van der Waals surface area contributed by atoms with Gasteiger partial charge in [-0.3, -0.25) is 14.9 Å². The van der Waals surface area contributed by atoms with Crippen LogP contribution < -0.4 is 5.32 Å². The molecule has 1 amide bonds. The fourth-order valence-electron chi connectivity index (χ4n) is 1.58. The van der Waals surface area contributed by atoms with Crippen LogP contribution in [-0.4, -0.2) is 10.8 Å². The van der Waals surface area contributed by atoms with Crippen LogP contribution in [0.25, 0.3) is 0 Å². The predicted molar refractivity (Wildman–Crippen MR) is 77.5 cm³/mol. The van der Waals surface area contributed by atoms with Crippen molar-refractivity contribution in [3.8, 4) is 0 Å². The van der Waals surface area contributed by atoms with Crippen molar-refractivity contribution in [1.82, 2.24) is 0 Å². The molecule has 2 aromatic carbocycles. The maximum atomic E-state index is 13.5. The van der Waals surface area contributed by atoms with Crippen molar-refractivity contribution < 1.29 is 14.1 Å². The minimum Gasteiger partial charge on any atom is -0.319 e. The van der Waals surface area contributed by atoms with Gasteiger partial charge < -0.3 is 5.32 Å². The largest absolute Gasteiger partial charge is 0.319 e. The summed E-state index contributed by atoms with van der Waals surface area (Å²) in [7, 11) is 0. The quantitative estimate of drug-likeness (QED) is 0.674. The van der Waals surface area contributed by atoms with E-state index in [2.05, 4.69) is 5.32 Å². The van der Waals surface area contributed by atoms with Crippen molar-refractivity contribution in [1.29, 1.82) is 0 Å². The second kappa shape index (κ2) is 6.07. The molecule has 0 fully saturated rings. The van der Waals surface area contributed by atoms with E-state index in [-0.39, 0.29) is 27.0 Å². The summed E-state index contributed by atoms with van der Waals surface area (Å²) in [5, 5.41) is 13.0. The number of rotatable bonds is 3. The van der Waals surface area contributed by atoms with E-state index in [0.717, 1.165) is 18.2 Å². The molecular weight excluding hydrogens is 322 g/mol. The van der Waals surface area contributed by atoms with Gasteiger partial charge in [0.05, 0.1) is 10.6 Å². The molecule has 0 aromatic heterocycles. The third-order valence-electron chi connectivity index (χ3n) is 2.58. The standard InChI is InChI=1S/C13H7Cl2FN2O3/c14-8-2-3-10(16)11(6-8)17-13(19)7-1-4-12(18(20)21)9(15)5-7/h1-6H,(H,17,19). The molecule has 108 valence electrons. The highest BCUT2D eigenvalue weighted by Gasteiger charge is 2.16. The van der Waals surface area contributed by atoms with Gasteiger partial charge in [-0.05, 0) is 30.3 Å². The summed E-state index contributed by atoms with van der Waals surface area (Å²) in [6.07, 6.45) is 0. The van der Waals surface area contributed by atoms with Crippen molar-refractivity contribution in [2.75, 3.05) is 5.32 Å². The second-order valence-electron chi connectivity index (χ2n) is 4.00. The number of carbonyl (C=O) groups is 1. The van der Waals surface area contributed by atoms with Crippen molar-refractivity contribution in [2.24, 2.45) is 0 Å². The van der Waals surface area contributed by atoms with E-state index in [4.69, 9.17) is 23.2 Å². The summed E-state index contributed by atoms with van der Waals surface area (Å²) in [6, 6.07) is 7.17. The van der Waals surface area contributed by atoms with Crippen LogP contribution in [0.5, 0.6) is 0 Å². The zero-order valence-electron chi connectivity index (χ0n) is 10.3. The molecule has 0 bridgehead atoms. The first-order valence-electron chi connectivity index (χ1n) is 5.59. The molecule has 0 radical (unpaired) electrons. The second-order valence-corrected chi connectivity index (χ2v) is 4.85. The monoisotopic (exact) mass is 328 g/mol. The van der Waals surface area contributed by atoms with Crippen molar-refractivity contribution in [3.63, 3.8) is 0 Å². The zero-order chi connectivity index (χ0) is 15.6. The SMILES string of the molecule is O=C(Nc1cc(Cl)ccc1F)c1ccc([N+](=O)[O-])c(Cl)c1. The lowest BCUT2D eigenvalue weighted by Crippen LogP contribution is -2.13. The van der Waals surface area contributed by atoms with Gasteiger partial charge >= 0.3 is 0 Å². The minimum absolute atomic E-state index is 0.0602. The molecule has 0 unspecified atom stereocenters. The molecule has 0 saturated heterocycles. The summed E-state index contributed by atoms with van der Waals surface area (Å²) >= 11 is 11.4. The smallest absolute Gasteiger partial charge is 0.287 e. The van der Waals surface area contributed by atoms with Crippen LogP contribution in [0.1, 0.15) is 10.4 Å². The van der Waals surface area contributed by atoms with Gasteiger partial charge in [0.2, 0.25) is 0 Å². The molecule has 0 aliphatic carbocycles. The average Bonchev–Trinajstić information content (AvgIpc) is 2.42. The van der Waals surface area contributed by atoms with Crippen LogP contribution >= 0.6 is 23.2 Å². The Morgan fingerprint density at radius 3 is 2.52 bits per heavy atom. The van der Waals surface area contributed by atoms with E-state index in [0.29, 0.717) is 0 Å². The first kappa shape index (κ1) is 15.2. The minimum atomic E-state index is -0.666.